The number of fused-ring (bicyclic) bond motifs is 1. The molecule has 0 radical (unpaired) electrons. The number of carbonyl (C=O) groups excluding carboxylic acids is 2. The number of hydrogen-bond acceptors (Lipinski definition) is 3. The van der Waals surface area contributed by atoms with Gasteiger partial charge in [0.25, 0.3) is 0 Å². The number of carboxylic acids is 1. The van der Waals surface area contributed by atoms with E-state index in [1.54, 1.807) is 16.5 Å². The number of aromatic nitrogens is 1. The fourth-order valence-corrected chi connectivity index (χ4v) is 3.60. The molecule has 0 spiro atoms. The minimum absolute atomic E-state index is 0.0320. The summed E-state index contributed by atoms with van der Waals surface area (Å²) in [4.78, 5) is 37.3. The Morgan fingerprint density at radius 3 is 2.44 bits per heavy atom. The molecule has 2 heterocycles. The first-order chi connectivity index (χ1) is 11.9. The lowest BCUT2D eigenvalue weighted by atomic mass is 9.95. The van der Waals surface area contributed by atoms with Gasteiger partial charge in [-0.25, -0.2) is 4.79 Å². The first-order valence-electron chi connectivity index (χ1n) is 8.26. The maximum Gasteiger partial charge on any atom is 0.352 e. The number of aryl methyl sites for hydroxylation is 1. The Hall–Kier alpha value is -2.83. The topological polar surface area (TPSA) is 106 Å². The van der Waals surface area contributed by atoms with Crippen LogP contribution in [-0.2, 0) is 23.1 Å². The number of nitrogens with two attached hydrogens (primary N) is 1. The summed E-state index contributed by atoms with van der Waals surface area (Å²) in [6.45, 7) is 0.944. The molecule has 3 N–H and O–H groups in total. The number of aromatic carboxylic acids is 1. The number of piperidine rings is 1. The van der Waals surface area contributed by atoms with Crippen molar-refractivity contribution in [3.05, 3.63) is 35.5 Å². The zero-order valence-electron chi connectivity index (χ0n) is 14.1. The number of carbonyl (C=O) groups is 3. The normalized spacial score (nSPS) is 15.5. The minimum atomic E-state index is -1.05. The van der Waals surface area contributed by atoms with Crippen LogP contribution in [0.15, 0.2) is 24.3 Å². The fraction of sp³-hybridized carbons (Fsp3) is 0.389. The van der Waals surface area contributed by atoms with Crippen LogP contribution in [-0.4, -0.2) is 45.4 Å². The zero-order chi connectivity index (χ0) is 18.1. The summed E-state index contributed by atoms with van der Waals surface area (Å²) in [5.74, 6) is -1.68. The van der Waals surface area contributed by atoms with E-state index in [1.807, 2.05) is 24.3 Å². The molecule has 25 heavy (non-hydrogen) atoms. The summed E-state index contributed by atoms with van der Waals surface area (Å²) in [7, 11) is 1.69. The molecule has 7 heteroatoms. The third kappa shape index (κ3) is 3.09. The lowest BCUT2D eigenvalue weighted by molar-refractivity contribution is -0.134. The average Bonchev–Trinajstić information content (AvgIpc) is 2.87. The van der Waals surface area contributed by atoms with Gasteiger partial charge in [-0.3, -0.25) is 9.59 Å². The molecule has 1 aromatic heterocycles. The standard InChI is InChI=1S/C18H21N3O4/c1-20-14-5-3-2-4-12(14)13(16(20)18(24)25)10-15(22)21-8-6-11(7-9-21)17(19)23/h2-5,11H,6-10H2,1H3,(H2,19,23)(H,24,25). The number of primary amides is 1. The molecule has 0 atom stereocenters. The van der Waals surface area contributed by atoms with Crippen LogP contribution in [0.25, 0.3) is 10.9 Å². The fourth-order valence-electron chi connectivity index (χ4n) is 3.60. The zero-order valence-corrected chi connectivity index (χ0v) is 14.1. The number of likely N-dealkylation sites (tertiary alicyclic amines) is 1. The van der Waals surface area contributed by atoms with E-state index in [0.29, 0.717) is 31.5 Å². The highest BCUT2D eigenvalue weighted by atomic mass is 16.4. The first kappa shape index (κ1) is 17.0. The van der Waals surface area contributed by atoms with E-state index in [1.165, 1.54) is 0 Å². The molecule has 0 bridgehead atoms. The summed E-state index contributed by atoms with van der Waals surface area (Å²) in [6, 6.07) is 7.35. The highest BCUT2D eigenvalue weighted by Crippen LogP contribution is 2.27. The largest absolute Gasteiger partial charge is 0.477 e. The first-order valence-corrected chi connectivity index (χ1v) is 8.26. The van der Waals surface area contributed by atoms with Gasteiger partial charge in [0.15, 0.2) is 0 Å². The number of amides is 2. The van der Waals surface area contributed by atoms with Gasteiger partial charge in [-0.05, 0) is 18.9 Å². The number of para-hydroxylation sites is 1. The van der Waals surface area contributed by atoms with Crippen molar-refractivity contribution in [1.29, 1.82) is 0 Å². The Kier molecular flexibility index (Phi) is 4.48. The molecule has 0 unspecified atom stereocenters. The quantitative estimate of drug-likeness (QED) is 0.868. The molecule has 7 nitrogen and oxygen atoms in total. The SMILES string of the molecule is Cn1c(C(=O)O)c(CC(=O)N2CCC(C(N)=O)CC2)c2ccccc21. The van der Waals surface area contributed by atoms with Crippen molar-refractivity contribution in [2.24, 2.45) is 18.7 Å². The number of hydrogen-bond donors (Lipinski definition) is 2. The highest BCUT2D eigenvalue weighted by molar-refractivity contribution is 6.00. The van der Waals surface area contributed by atoms with Gasteiger partial charge in [-0.2, -0.15) is 0 Å². The van der Waals surface area contributed by atoms with Crippen LogP contribution in [0.4, 0.5) is 0 Å². The number of carboxylic acid groups (broad SMARTS) is 1. The van der Waals surface area contributed by atoms with Crippen molar-refractivity contribution in [2.75, 3.05) is 13.1 Å². The van der Waals surface area contributed by atoms with Gasteiger partial charge in [0.2, 0.25) is 11.8 Å². The van der Waals surface area contributed by atoms with Crippen molar-refractivity contribution in [2.45, 2.75) is 19.3 Å². The second kappa shape index (κ2) is 6.58. The molecular weight excluding hydrogens is 322 g/mol. The summed E-state index contributed by atoms with van der Waals surface area (Å²) < 4.78 is 1.61. The lowest BCUT2D eigenvalue weighted by Crippen LogP contribution is -2.42. The Bertz CT molecular complexity index is 847. The predicted octanol–water partition coefficient (Wildman–Crippen LogP) is 1.14. The smallest absolute Gasteiger partial charge is 0.352 e. The van der Waals surface area contributed by atoms with Gasteiger partial charge in [0.1, 0.15) is 5.69 Å². The average molecular weight is 343 g/mol. The number of nitrogens with zero attached hydrogens (tertiary/aromatic N) is 2. The van der Waals surface area contributed by atoms with Crippen LogP contribution < -0.4 is 5.73 Å². The van der Waals surface area contributed by atoms with Crippen LogP contribution in [0.3, 0.4) is 0 Å². The summed E-state index contributed by atoms with van der Waals surface area (Å²) >= 11 is 0. The van der Waals surface area contributed by atoms with Crippen molar-refractivity contribution in [3.8, 4) is 0 Å². The third-order valence-corrected chi connectivity index (χ3v) is 4.99. The van der Waals surface area contributed by atoms with Gasteiger partial charge >= 0.3 is 5.97 Å². The van der Waals surface area contributed by atoms with Crippen LogP contribution in [0.5, 0.6) is 0 Å². The molecule has 1 aliphatic rings. The van der Waals surface area contributed by atoms with Crippen LogP contribution in [0.2, 0.25) is 0 Å². The van der Waals surface area contributed by atoms with Gasteiger partial charge in [-0.15, -0.1) is 0 Å². The van der Waals surface area contributed by atoms with Crippen molar-refractivity contribution in [1.82, 2.24) is 9.47 Å². The molecule has 132 valence electrons. The predicted molar refractivity (Wildman–Crippen MR) is 92.1 cm³/mol. The Balaban J connectivity index is 1.86. The van der Waals surface area contributed by atoms with E-state index in [-0.39, 0.29) is 29.8 Å². The summed E-state index contributed by atoms with van der Waals surface area (Å²) in [5, 5.41) is 10.3. The molecule has 0 aliphatic carbocycles. The molecule has 1 aliphatic heterocycles. The molecule has 1 aromatic carbocycles. The molecule has 0 saturated carbocycles. The van der Waals surface area contributed by atoms with Crippen molar-refractivity contribution < 1.29 is 19.5 Å². The Morgan fingerprint density at radius 1 is 1.20 bits per heavy atom. The van der Waals surface area contributed by atoms with Crippen LogP contribution in [0, 0.1) is 5.92 Å². The Morgan fingerprint density at radius 2 is 1.84 bits per heavy atom. The monoisotopic (exact) mass is 343 g/mol. The number of rotatable bonds is 4. The molecule has 1 fully saturated rings. The van der Waals surface area contributed by atoms with E-state index in [0.717, 1.165) is 10.9 Å². The van der Waals surface area contributed by atoms with Gasteiger partial charge in [-0.1, -0.05) is 18.2 Å². The Labute approximate surface area is 145 Å². The minimum Gasteiger partial charge on any atom is -0.477 e. The van der Waals surface area contributed by atoms with Crippen LogP contribution in [0.1, 0.15) is 28.9 Å². The second-order valence-electron chi connectivity index (χ2n) is 6.44. The summed E-state index contributed by atoms with van der Waals surface area (Å²) in [5.41, 5.74) is 6.78. The highest BCUT2D eigenvalue weighted by Gasteiger charge is 2.28. The van der Waals surface area contributed by atoms with E-state index >= 15 is 0 Å². The second-order valence-corrected chi connectivity index (χ2v) is 6.44. The summed E-state index contributed by atoms with van der Waals surface area (Å²) in [6.07, 6.45) is 1.15. The molecule has 2 amide bonds. The molecule has 2 aromatic rings. The van der Waals surface area contributed by atoms with Gasteiger partial charge in [0.05, 0.1) is 6.42 Å². The van der Waals surface area contributed by atoms with Crippen LogP contribution >= 0.6 is 0 Å². The molecule has 1 saturated heterocycles. The van der Waals surface area contributed by atoms with E-state index in [4.69, 9.17) is 5.73 Å². The molecule has 3 rings (SSSR count). The van der Waals surface area contributed by atoms with Gasteiger partial charge in [0, 0.05) is 42.5 Å². The van der Waals surface area contributed by atoms with E-state index in [2.05, 4.69) is 0 Å². The van der Waals surface area contributed by atoms with Gasteiger partial charge < -0.3 is 20.3 Å². The van der Waals surface area contributed by atoms with E-state index in [9.17, 15) is 19.5 Å². The van der Waals surface area contributed by atoms with Crippen molar-refractivity contribution >= 4 is 28.7 Å². The molecular formula is C18H21N3O4. The van der Waals surface area contributed by atoms with E-state index < -0.39 is 5.97 Å². The maximum atomic E-state index is 12.7. The van der Waals surface area contributed by atoms with Crippen molar-refractivity contribution in [3.63, 3.8) is 0 Å². The lowest BCUT2D eigenvalue weighted by Gasteiger charge is -2.30. The third-order valence-electron chi connectivity index (χ3n) is 4.99. The maximum absolute atomic E-state index is 12.7. The number of benzene rings is 1.